The van der Waals surface area contributed by atoms with Gasteiger partial charge in [-0.2, -0.15) is 0 Å². The Balaban J connectivity index is 1.98. The van der Waals surface area contributed by atoms with Gasteiger partial charge in [0.25, 0.3) is 11.6 Å². The average molecular weight is 311 g/mol. The molecule has 1 aromatic heterocycles. The fourth-order valence-corrected chi connectivity index (χ4v) is 2.21. The number of nitrogens with zero attached hydrogens (tertiary/aromatic N) is 2. The summed E-state index contributed by atoms with van der Waals surface area (Å²) in [7, 11) is 0. The van der Waals surface area contributed by atoms with Gasteiger partial charge in [0.2, 0.25) is 0 Å². The summed E-state index contributed by atoms with van der Waals surface area (Å²) in [6.07, 6.45) is 1.47. The number of hydrogen-bond acceptors (Lipinski definition) is 4. The normalized spacial score (nSPS) is 10.5. The first-order valence-corrected chi connectivity index (χ1v) is 6.65. The summed E-state index contributed by atoms with van der Waals surface area (Å²) in [5.41, 5.74) is 0.382. The van der Waals surface area contributed by atoms with E-state index in [0.29, 0.717) is 16.5 Å². The topological polar surface area (TPSA) is 85.1 Å². The molecule has 0 radical (unpaired) electrons. The number of hydrogen-bond donors (Lipinski definition) is 1. The largest absolute Gasteiger partial charge is 0.319 e. The molecule has 2 aromatic carbocycles. The number of nitro benzene ring substituents is 1. The second kappa shape index (κ2) is 5.80. The van der Waals surface area contributed by atoms with Crippen molar-refractivity contribution in [1.82, 2.24) is 4.98 Å². The van der Waals surface area contributed by atoms with Crippen LogP contribution in [0.2, 0.25) is 0 Å². The van der Waals surface area contributed by atoms with E-state index < -0.39 is 16.6 Å². The highest BCUT2D eigenvalue weighted by Gasteiger charge is 2.15. The molecule has 3 rings (SSSR count). The SMILES string of the molecule is O=C(Nc1cc([N+](=O)[O-])ccc1F)c1ccnc2ccccc12. The van der Waals surface area contributed by atoms with Gasteiger partial charge in [-0.1, -0.05) is 18.2 Å². The molecule has 0 aliphatic rings. The number of fused-ring (bicyclic) bond motifs is 1. The first-order valence-electron chi connectivity index (χ1n) is 6.65. The molecule has 0 atom stereocenters. The van der Waals surface area contributed by atoms with E-state index in [-0.39, 0.29) is 11.4 Å². The van der Waals surface area contributed by atoms with Gasteiger partial charge in [0.15, 0.2) is 0 Å². The van der Waals surface area contributed by atoms with Gasteiger partial charge in [-0.05, 0) is 18.2 Å². The Morgan fingerprint density at radius 3 is 2.74 bits per heavy atom. The number of amides is 1. The summed E-state index contributed by atoms with van der Waals surface area (Å²) in [5, 5.41) is 13.7. The summed E-state index contributed by atoms with van der Waals surface area (Å²) in [6, 6.07) is 11.5. The zero-order valence-corrected chi connectivity index (χ0v) is 11.7. The molecule has 23 heavy (non-hydrogen) atoms. The molecule has 114 valence electrons. The molecule has 0 saturated heterocycles. The van der Waals surface area contributed by atoms with E-state index in [2.05, 4.69) is 10.3 Å². The van der Waals surface area contributed by atoms with Gasteiger partial charge in [-0.25, -0.2) is 4.39 Å². The number of nitrogens with one attached hydrogen (secondary N) is 1. The molecule has 6 nitrogen and oxygen atoms in total. The second-order valence-corrected chi connectivity index (χ2v) is 4.75. The van der Waals surface area contributed by atoms with Crippen LogP contribution in [0, 0.1) is 15.9 Å². The quantitative estimate of drug-likeness (QED) is 0.592. The molecular weight excluding hydrogens is 301 g/mol. The lowest BCUT2D eigenvalue weighted by Gasteiger charge is -2.08. The van der Waals surface area contributed by atoms with Crippen molar-refractivity contribution in [3.8, 4) is 0 Å². The molecule has 1 N–H and O–H groups in total. The van der Waals surface area contributed by atoms with Gasteiger partial charge in [0, 0.05) is 23.7 Å². The third kappa shape index (κ3) is 2.84. The maximum Gasteiger partial charge on any atom is 0.271 e. The molecule has 0 unspecified atom stereocenters. The standard InChI is InChI=1S/C16H10FN3O3/c17-13-6-5-10(20(22)23)9-15(13)19-16(21)12-7-8-18-14-4-2-1-3-11(12)14/h1-9H,(H,19,21). The minimum atomic E-state index is -0.748. The number of benzene rings is 2. The molecule has 0 bridgehead atoms. The van der Waals surface area contributed by atoms with E-state index in [1.165, 1.54) is 12.3 Å². The first-order chi connectivity index (χ1) is 11.1. The second-order valence-electron chi connectivity index (χ2n) is 4.75. The van der Waals surface area contributed by atoms with Crippen molar-refractivity contribution in [1.29, 1.82) is 0 Å². The number of halogens is 1. The summed E-state index contributed by atoms with van der Waals surface area (Å²) < 4.78 is 13.8. The average Bonchev–Trinajstić information content (AvgIpc) is 2.56. The number of pyridine rings is 1. The minimum absolute atomic E-state index is 0.245. The first kappa shape index (κ1) is 14.6. The predicted octanol–water partition coefficient (Wildman–Crippen LogP) is 3.53. The highest BCUT2D eigenvalue weighted by atomic mass is 19.1. The number of carbonyl (C=O) groups is 1. The molecule has 3 aromatic rings. The number of non-ortho nitro benzene ring substituents is 1. The molecular formula is C16H10FN3O3. The zero-order chi connectivity index (χ0) is 16.4. The van der Waals surface area contributed by atoms with E-state index >= 15 is 0 Å². The van der Waals surface area contributed by atoms with Crippen LogP contribution in [0.3, 0.4) is 0 Å². The van der Waals surface area contributed by atoms with Crippen LogP contribution in [0.15, 0.2) is 54.7 Å². The number of aromatic nitrogens is 1. The summed E-state index contributed by atoms with van der Waals surface area (Å²) in [4.78, 5) is 26.6. The Morgan fingerprint density at radius 1 is 1.17 bits per heavy atom. The summed E-state index contributed by atoms with van der Waals surface area (Å²) in [5.74, 6) is -1.31. The van der Waals surface area contributed by atoms with Crippen LogP contribution in [0.5, 0.6) is 0 Å². The van der Waals surface area contributed by atoms with E-state index in [1.807, 2.05) is 0 Å². The van der Waals surface area contributed by atoms with Crippen molar-refractivity contribution in [2.75, 3.05) is 5.32 Å². The smallest absolute Gasteiger partial charge is 0.271 e. The van der Waals surface area contributed by atoms with Crippen LogP contribution in [0.4, 0.5) is 15.8 Å². The van der Waals surface area contributed by atoms with Gasteiger partial charge in [-0.15, -0.1) is 0 Å². The predicted molar refractivity (Wildman–Crippen MR) is 82.8 cm³/mol. The lowest BCUT2D eigenvalue weighted by molar-refractivity contribution is -0.384. The molecule has 0 fully saturated rings. The molecule has 7 heteroatoms. The number of nitro groups is 1. The van der Waals surface area contributed by atoms with E-state index in [1.54, 1.807) is 24.3 Å². The maximum absolute atomic E-state index is 13.8. The fraction of sp³-hybridized carbons (Fsp3) is 0. The Labute approximate surface area is 129 Å². The Kier molecular flexibility index (Phi) is 3.68. The number of carbonyl (C=O) groups excluding carboxylic acids is 1. The van der Waals surface area contributed by atoms with Crippen LogP contribution in [0.25, 0.3) is 10.9 Å². The molecule has 1 heterocycles. The van der Waals surface area contributed by atoms with E-state index in [9.17, 15) is 19.3 Å². The van der Waals surface area contributed by atoms with Crippen molar-refractivity contribution in [3.05, 3.63) is 76.2 Å². The van der Waals surface area contributed by atoms with Crippen molar-refractivity contribution in [2.45, 2.75) is 0 Å². The van der Waals surface area contributed by atoms with Crippen molar-refractivity contribution in [3.63, 3.8) is 0 Å². The van der Waals surface area contributed by atoms with Gasteiger partial charge in [0.05, 0.1) is 21.7 Å². The fourth-order valence-electron chi connectivity index (χ4n) is 2.21. The molecule has 0 aliphatic carbocycles. The Morgan fingerprint density at radius 2 is 1.96 bits per heavy atom. The van der Waals surface area contributed by atoms with Crippen molar-refractivity contribution in [2.24, 2.45) is 0 Å². The zero-order valence-electron chi connectivity index (χ0n) is 11.7. The lowest BCUT2D eigenvalue weighted by atomic mass is 10.1. The van der Waals surface area contributed by atoms with E-state index in [0.717, 1.165) is 18.2 Å². The Hall–Kier alpha value is -3.35. The Bertz CT molecular complexity index is 922. The summed E-state index contributed by atoms with van der Waals surface area (Å²) >= 11 is 0. The van der Waals surface area contributed by atoms with Crippen molar-refractivity contribution < 1.29 is 14.1 Å². The third-order valence-electron chi connectivity index (χ3n) is 3.30. The van der Waals surface area contributed by atoms with Gasteiger partial charge >= 0.3 is 0 Å². The van der Waals surface area contributed by atoms with Crippen LogP contribution < -0.4 is 5.32 Å². The van der Waals surface area contributed by atoms with Gasteiger partial charge in [0.1, 0.15) is 5.82 Å². The lowest BCUT2D eigenvalue weighted by Crippen LogP contribution is -2.14. The molecule has 0 aliphatic heterocycles. The molecule has 0 spiro atoms. The highest BCUT2D eigenvalue weighted by Crippen LogP contribution is 2.23. The minimum Gasteiger partial charge on any atom is -0.319 e. The van der Waals surface area contributed by atoms with Crippen LogP contribution in [-0.2, 0) is 0 Å². The number of para-hydroxylation sites is 1. The van der Waals surface area contributed by atoms with Crippen molar-refractivity contribution >= 4 is 28.2 Å². The van der Waals surface area contributed by atoms with Crippen LogP contribution >= 0.6 is 0 Å². The van der Waals surface area contributed by atoms with Gasteiger partial charge in [-0.3, -0.25) is 19.9 Å². The third-order valence-corrected chi connectivity index (χ3v) is 3.30. The molecule has 1 amide bonds. The van der Waals surface area contributed by atoms with Crippen LogP contribution in [0.1, 0.15) is 10.4 Å². The summed E-state index contributed by atoms with van der Waals surface area (Å²) in [6.45, 7) is 0. The molecule has 0 saturated carbocycles. The number of anilines is 1. The van der Waals surface area contributed by atoms with Gasteiger partial charge < -0.3 is 5.32 Å². The van der Waals surface area contributed by atoms with Crippen LogP contribution in [-0.4, -0.2) is 15.8 Å². The maximum atomic E-state index is 13.8. The number of rotatable bonds is 3. The van der Waals surface area contributed by atoms with E-state index in [4.69, 9.17) is 0 Å². The monoisotopic (exact) mass is 311 g/mol. The highest BCUT2D eigenvalue weighted by molar-refractivity contribution is 6.12.